The Labute approximate surface area is 243 Å². The lowest BCUT2D eigenvalue weighted by atomic mass is 10.1. The van der Waals surface area contributed by atoms with Crippen LogP contribution in [-0.4, -0.2) is 33.1 Å². The molecule has 0 amide bonds. The van der Waals surface area contributed by atoms with Crippen LogP contribution in [0.1, 0.15) is 22.3 Å². The number of hydrogen-bond donors (Lipinski definition) is 2. The van der Waals surface area contributed by atoms with Crippen LogP contribution in [0.25, 0.3) is 0 Å². The number of rotatable bonds is 11. The lowest BCUT2D eigenvalue weighted by molar-refractivity contribution is 0.180. The molecule has 0 heterocycles. The van der Waals surface area contributed by atoms with Crippen LogP contribution >= 0.6 is 46.4 Å². The summed E-state index contributed by atoms with van der Waals surface area (Å²) in [4.78, 5) is 4.47. The quantitative estimate of drug-likeness (QED) is 0.184. The normalized spacial score (nSPS) is 11.4. The second kappa shape index (κ2) is 13.6. The van der Waals surface area contributed by atoms with Crippen molar-refractivity contribution >= 4 is 46.4 Å². The average molecular weight is 590 g/mol. The molecule has 0 saturated carbocycles. The van der Waals surface area contributed by atoms with Gasteiger partial charge in [-0.25, -0.2) is 0 Å². The molecule has 2 N–H and O–H groups in total. The van der Waals surface area contributed by atoms with E-state index in [1.165, 1.54) is 12.1 Å². The van der Waals surface area contributed by atoms with E-state index >= 15 is 0 Å². The lowest BCUT2D eigenvalue weighted by Gasteiger charge is -2.29. The van der Waals surface area contributed by atoms with Gasteiger partial charge in [-0.05, 0) is 35.4 Å². The van der Waals surface area contributed by atoms with E-state index in [4.69, 9.17) is 46.4 Å². The molecule has 0 radical (unpaired) electrons. The van der Waals surface area contributed by atoms with E-state index in [1.807, 2.05) is 36.4 Å². The molecule has 0 aliphatic rings. The number of hydrogen-bond acceptors (Lipinski definition) is 4. The van der Waals surface area contributed by atoms with Gasteiger partial charge in [-0.3, -0.25) is 9.80 Å². The molecule has 0 spiro atoms. The Morgan fingerprint density at radius 1 is 0.500 bits per heavy atom. The third kappa shape index (κ3) is 8.03. The Kier molecular flexibility index (Phi) is 10.2. The fourth-order valence-corrected chi connectivity index (χ4v) is 5.43. The van der Waals surface area contributed by atoms with E-state index in [9.17, 15) is 10.2 Å². The summed E-state index contributed by atoms with van der Waals surface area (Å²) in [6.07, 6.45) is 0. The molecule has 0 saturated heterocycles. The number of nitrogens with zero attached hydrogens (tertiary/aromatic N) is 2. The van der Waals surface area contributed by atoms with Crippen LogP contribution in [0.2, 0.25) is 20.1 Å². The van der Waals surface area contributed by atoms with Crippen LogP contribution in [0.5, 0.6) is 11.5 Å². The van der Waals surface area contributed by atoms with Crippen LogP contribution in [0.15, 0.2) is 84.9 Å². The first-order valence-electron chi connectivity index (χ1n) is 12.1. The first kappa shape index (κ1) is 28.6. The highest BCUT2D eigenvalue weighted by atomic mass is 35.5. The smallest absolute Gasteiger partial charge is 0.138 e. The van der Waals surface area contributed by atoms with Crippen LogP contribution in [0.4, 0.5) is 0 Å². The zero-order valence-electron chi connectivity index (χ0n) is 20.6. The van der Waals surface area contributed by atoms with Gasteiger partial charge in [0.2, 0.25) is 0 Å². The molecule has 8 heteroatoms. The van der Waals surface area contributed by atoms with Crippen molar-refractivity contribution in [2.75, 3.05) is 13.1 Å². The van der Waals surface area contributed by atoms with Gasteiger partial charge in [0.25, 0.3) is 0 Å². The van der Waals surface area contributed by atoms with Crippen molar-refractivity contribution in [2.45, 2.75) is 26.2 Å². The van der Waals surface area contributed by atoms with Crippen molar-refractivity contribution in [3.8, 4) is 11.5 Å². The van der Waals surface area contributed by atoms with Crippen LogP contribution in [0.3, 0.4) is 0 Å². The minimum Gasteiger partial charge on any atom is -0.506 e. The van der Waals surface area contributed by atoms with Gasteiger partial charge in [0.1, 0.15) is 11.5 Å². The standard InChI is InChI=1S/C30H28Cl4N2O2/c31-25-13-23(29(37)27(33)15-25)19-35(17-21-7-3-1-4-8-21)11-12-36(18-22-9-5-2-6-10-22)20-24-14-26(32)16-28(34)30(24)38/h1-10,13-16,37-38H,11-12,17-20H2. The van der Waals surface area contributed by atoms with Gasteiger partial charge < -0.3 is 10.2 Å². The number of phenolic OH excluding ortho intramolecular Hbond substituents is 2. The van der Waals surface area contributed by atoms with Crippen LogP contribution < -0.4 is 0 Å². The van der Waals surface area contributed by atoms with Gasteiger partial charge in [-0.2, -0.15) is 0 Å². The van der Waals surface area contributed by atoms with Crippen LogP contribution in [-0.2, 0) is 26.2 Å². The number of aromatic hydroxyl groups is 2. The van der Waals surface area contributed by atoms with Gasteiger partial charge in [0, 0.05) is 60.4 Å². The lowest BCUT2D eigenvalue weighted by Crippen LogP contribution is -2.34. The summed E-state index contributed by atoms with van der Waals surface area (Å²) in [6, 6.07) is 26.9. The predicted octanol–water partition coefficient (Wildman–Crippen LogP) is 8.42. The molecule has 4 nitrogen and oxygen atoms in total. The number of benzene rings is 4. The molecule has 38 heavy (non-hydrogen) atoms. The van der Waals surface area contributed by atoms with E-state index in [-0.39, 0.29) is 21.5 Å². The molecule has 0 aromatic heterocycles. The van der Waals surface area contributed by atoms with E-state index < -0.39 is 0 Å². The summed E-state index contributed by atoms with van der Waals surface area (Å²) in [5.74, 6) is 0.0718. The Morgan fingerprint density at radius 2 is 0.868 bits per heavy atom. The highest BCUT2D eigenvalue weighted by Crippen LogP contribution is 2.33. The summed E-state index contributed by atoms with van der Waals surface area (Å²) in [5.41, 5.74) is 3.61. The Morgan fingerprint density at radius 3 is 1.24 bits per heavy atom. The molecule has 0 bridgehead atoms. The molecular formula is C30H28Cl4N2O2. The summed E-state index contributed by atoms with van der Waals surface area (Å²) >= 11 is 24.9. The molecule has 198 valence electrons. The van der Waals surface area contributed by atoms with Crippen molar-refractivity contribution in [1.29, 1.82) is 0 Å². The third-order valence-electron chi connectivity index (χ3n) is 6.23. The number of halogens is 4. The van der Waals surface area contributed by atoms with Gasteiger partial charge in [-0.15, -0.1) is 0 Å². The predicted molar refractivity (Wildman–Crippen MR) is 157 cm³/mol. The monoisotopic (exact) mass is 588 g/mol. The minimum absolute atomic E-state index is 0.0359. The summed E-state index contributed by atoms with van der Waals surface area (Å²) < 4.78 is 0. The topological polar surface area (TPSA) is 46.9 Å². The van der Waals surface area contributed by atoms with Gasteiger partial charge in [0.05, 0.1) is 10.0 Å². The zero-order valence-corrected chi connectivity index (χ0v) is 23.6. The fraction of sp³-hybridized carbons (Fsp3) is 0.200. The molecule has 4 aromatic carbocycles. The second-order valence-electron chi connectivity index (χ2n) is 9.18. The molecule has 0 fully saturated rings. The fourth-order valence-electron chi connectivity index (χ4n) is 4.36. The maximum Gasteiger partial charge on any atom is 0.138 e. The largest absolute Gasteiger partial charge is 0.506 e. The zero-order chi connectivity index (χ0) is 27.1. The number of phenols is 2. The van der Waals surface area contributed by atoms with E-state index in [2.05, 4.69) is 34.1 Å². The highest BCUT2D eigenvalue weighted by Gasteiger charge is 2.17. The van der Waals surface area contributed by atoms with Crippen molar-refractivity contribution < 1.29 is 10.2 Å². The SMILES string of the molecule is Oc1c(Cl)cc(Cl)cc1CN(CCN(Cc1ccccc1)Cc1cc(Cl)cc(Cl)c1O)Cc1ccccc1. The first-order chi connectivity index (χ1) is 18.3. The summed E-state index contributed by atoms with van der Waals surface area (Å²) in [6.45, 7) is 3.57. The van der Waals surface area contributed by atoms with Gasteiger partial charge in [0.15, 0.2) is 0 Å². The van der Waals surface area contributed by atoms with Crippen LogP contribution in [0, 0.1) is 0 Å². The molecule has 0 aliphatic carbocycles. The third-order valence-corrected chi connectivity index (χ3v) is 7.25. The average Bonchev–Trinajstić information content (AvgIpc) is 2.89. The van der Waals surface area contributed by atoms with Crippen molar-refractivity contribution in [1.82, 2.24) is 9.80 Å². The van der Waals surface area contributed by atoms with E-state index in [0.717, 1.165) is 11.1 Å². The van der Waals surface area contributed by atoms with Gasteiger partial charge in [-0.1, -0.05) is 107 Å². The van der Waals surface area contributed by atoms with Crippen molar-refractivity contribution in [2.24, 2.45) is 0 Å². The van der Waals surface area contributed by atoms with E-state index in [1.54, 1.807) is 12.1 Å². The molecular weight excluding hydrogens is 562 g/mol. The van der Waals surface area contributed by atoms with Crippen molar-refractivity contribution in [3.05, 3.63) is 127 Å². The molecule has 4 aromatic rings. The first-order valence-corrected chi connectivity index (χ1v) is 13.7. The molecule has 4 rings (SSSR count). The minimum atomic E-state index is 0.0359. The van der Waals surface area contributed by atoms with E-state index in [0.29, 0.717) is 60.4 Å². The Bertz CT molecular complexity index is 1250. The highest BCUT2D eigenvalue weighted by molar-refractivity contribution is 6.36. The summed E-state index contributed by atoms with van der Waals surface area (Å²) in [5, 5.41) is 22.6. The maximum atomic E-state index is 10.6. The van der Waals surface area contributed by atoms with Crippen molar-refractivity contribution in [3.63, 3.8) is 0 Å². The summed E-state index contributed by atoms with van der Waals surface area (Å²) in [7, 11) is 0. The molecule has 0 aliphatic heterocycles. The molecule has 0 atom stereocenters. The molecule has 0 unspecified atom stereocenters. The Balaban J connectivity index is 1.58. The Hall–Kier alpha value is -2.44. The maximum absolute atomic E-state index is 10.6. The van der Waals surface area contributed by atoms with Gasteiger partial charge >= 0.3 is 0 Å². The second-order valence-corrected chi connectivity index (χ2v) is 10.9.